The summed E-state index contributed by atoms with van der Waals surface area (Å²) >= 11 is 0. The lowest BCUT2D eigenvalue weighted by Crippen LogP contribution is -1.96. The highest BCUT2D eigenvalue weighted by molar-refractivity contribution is 6.00. The molecular weight excluding hydrogens is 236 g/mol. The summed E-state index contributed by atoms with van der Waals surface area (Å²) in [5.74, 6) is 0.559. The monoisotopic (exact) mass is 250 g/mol. The first-order valence-electron chi connectivity index (χ1n) is 6.51. The molecule has 2 heterocycles. The molecule has 1 aliphatic rings. The van der Waals surface area contributed by atoms with Crippen LogP contribution in [0.5, 0.6) is 0 Å². The van der Waals surface area contributed by atoms with Gasteiger partial charge in [-0.05, 0) is 18.4 Å². The van der Waals surface area contributed by atoms with E-state index >= 15 is 0 Å². The predicted molar refractivity (Wildman–Crippen MR) is 75.6 cm³/mol. The Hall–Kier alpha value is -2.36. The van der Waals surface area contributed by atoms with Crippen molar-refractivity contribution in [3.63, 3.8) is 0 Å². The number of fused-ring (bicyclic) bond motifs is 1. The summed E-state index contributed by atoms with van der Waals surface area (Å²) in [6.07, 6.45) is 6.16. The number of anilines is 1. The summed E-state index contributed by atoms with van der Waals surface area (Å²) in [5.41, 5.74) is 9.30. The van der Waals surface area contributed by atoms with Gasteiger partial charge in [-0.15, -0.1) is 0 Å². The van der Waals surface area contributed by atoms with Crippen molar-refractivity contribution in [2.75, 3.05) is 5.73 Å². The van der Waals surface area contributed by atoms with Crippen molar-refractivity contribution < 1.29 is 0 Å². The van der Waals surface area contributed by atoms with Crippen LogP contribution in [-0.4, -0.2) is 14.5 Å². The van der Waals surface area contributed by atoms with Gasteiger partial charge in [0.15, 0.2) is 0 Å². The van der Waals surface area contributed by atoms with Crippen LogP contribution >= 0.6 is 0 Å². The summed E-state index contributed by atoms with van der Waals surface area (Å²) in [5, 5.41) is 0.973. The van der Waals surface area contributed by atoms with Crippen LogP contribution in [0.4, 0.5) is 5.82 Å². The maximum atomic E-state index is 6.06. The van der Waals surface area contributed by atoms with Crippen LogP contribution in [0.15, 0.2) is 42.9 Å². The molecule has 0 amide bonds. The number of nitrogen functional groups attached to an aromatic ring is 1. The number of aromatic nitrogens is 3. The third-order valence-electron chi connectivity index (χ3n) is 3.66. The van der Waals surface area contributed by atoms with E-state index in [1.807, 2.05) is 18.2 Å². The first-order valence-corrected chi connectivity index (χ1v) is 6.51. The number of benzene rings is 1. The third-order valence-corrected chi connectivity index (χ3v) is 3.66. The van der Waals surface area contributed by atoms with E-state index in [2.05, 4.69) is 32.9 Å². The van der Waals surface area contributed by atoms with Crippen molar-refractivity contribution in [1.29, 1.82) is 0 Å². The Morgan fingerprint density at radius 1 is 1.11 bits per heavy atom. The molecule has 0 unspecified atom stereocenters. The minimum absolute atomic E-state index is 0.559. The molecule has 4 rings (SSSR count). The Morgan fingerprint density at radius 3 is 2.63 bits per heavy atom. The molecule has 0 saturated heterocycles. The second kappa shape index (κ2) is 3.82. The minimum Gasteiger partial charge on any atom is -0.383 e. The van der Waals surface area contributed by atoms with Crippen molar-refractivity contribution in [1.82, 2.24) is 14.5 Å². The van der Waals surface area contributed by atoms with E-state index in [0.717, 1.165) is 22.2 Å². The van der Waals surface area contributed by atoms with Gasteiger partial charge < -0.3 is 10.3 Å². The molecule has 0 spiro atoms. The average molecular weight is 250 g/mol. The third kappa shape index (κ3) is 1.60. The van der Waals surface area contributed by atoms with Crippen molar-refractivity contribution >= 4 is 16.9 Å². The van der Waals surface area contributed by atoms with E-state index in [-0.39, 0.29) is 0 Å². The first-order chi connectivity index (χ1) is 9.34. The molecular formula is C15H14N4. The van der Waals surface area contributed by atoms with E-state index in [4.69, 9.17) is 5.73 Å². The number of rotatable bonds is 2. The minimum atomic E-state index is 0.559. The van der Waals surface area contributed by atoms with Gasteiger partial charge in [0.2, 0.25) is 0 Å². The fourth-order valence-corrected chi connectivity index (χ4v) is 2.58. The molecule has 1 fully saturated rings. The zero-order valence-corrected chi connectivity index (χ0v) is 10.5. The number of nitrogens with zero attached hydrogens (tertiary/aromatic N) is 3. The smallest absolute Gasteiger partial charge is 0.146 e. The van der Waals surface area contributed by atoms with E-state index in [0.29, 0.717) is 11.9 Å². The molecule has 0 atom stereocenters. The van der Waals surface area contributed by atoms with Crippen LogP contribution in [0.25, 0.3) is 22.2 Å². The summed E-state index contributed by atoms with van der Waals surface area (Å²) in [6, 6.07) is 10.9. The van der Waals surface area contributed by atoms with Gasteiger partial charge in [-0.25, -0.2) is 9.97 Å². The van der Waals surface area contributed by atoms with Gasteiger partial charge in [0.1, 0.15) is 17.8 Å². The van der Waals surface area contributed by atoms with Crippen LogP contribution in [0.2, 0.25) is 0 Å². The summed E-state index contributed by atoms with van der Waals surface area (Å²) in [6.45, 7) is 0. The Bertz CT molecular complexity index is 741. The van der Waals surface area contributed by atoms with Gasteiger partial charge in [0.05, 0.1) is 5.39 Å². The van der Waals surface area contributed by atoms with Crippen LogP contribution < -0.4 is 5.73 Å². The molecule has 4 nitrogen and oxygen atoms in total. The van der Waals surface area contributed by atoms with Crippen molar-refractivity contribution in [3.8, 4) is 11.1 Å². The fraction of sp³-hybridized carbons (Fsp3) is 0.200. The fourth-order valence-electron chi connectivity index (χ4n) is 2.58. The Labute approximate surface area is 110 Å². The van der Waals surface area contributed by atoms with E-state index in [1.54, 1.807) is 6.33 Å². The van der Waals surface area contributed by atoms with Crippen molar-refractivity contribution in [2.45, 2.75) is 18.9 Å². The van der Waals surface area contributed by atoms with E-state index < -0.39 is 0 Å². The second-order valence-corrected chi connectivity index (χ2v) is 5.00. The highest BCUT2D eigenvalue weighted by Gasteiger charge is 2.27. The largest absolute Gasteiger partial charge is 0.383 e. The summed E-state index contributed by atoms with van der Waals surface area (Å²) < 4.78 is 2.25. The first kappa shape index (κ1) is 10.6. The Kier molecular flexibility index (Phi) is 2.12. The highest BCUT2D eigenvalue weighted by Crippen LogP contribution is 2.41. The maximum Gasteiger partial charge on any atom is 0.146 e. The maximum absolute atomic E-state index is 6.06. The van der Waals surface area contributed by atoms with Crippen LogP contribution in [-0.2, 0) is 0 Å². The molecule has 3 aromatic rings. The molecule has 94 valence electrons. The van der Waals surface area contributed by atoms with Gasteiger partial charge in [0.25, 0.3) is 0 Å². The molecule has 1 aromatic carbocycles. The lowest BCUT2D eigenvalue weighted by Gasteiger charge is -2.01. The lowest BCUT2D eigenvalue weighted by molar-refractivity contribution is 0.766. The zero-order valence-electron chi connectivity index (χ0n) is 10.5. The molecule has 0 aliphatic heterocycles. The summed E-state index contributed by atoms with van der Waals surface area (Å²) in [4.78, 5) is 8.56. The van der Waals surface area contributed by atoms with E-state index in [9.17, 15) is 0 Å². The standard InChI is InChI=1S/C15H14N4/c16-14-13-12(10-4-2-1-3-5-10)8-19(11-6-7-11)15(13)18-9-17-14/h1-5,8-9,11H,6-7H2,(H2,16,17,18). The molecule has 1 aliphatic carbocycles. The van der Waals surface area contributed by atoms with Crippen molar-refractivity contribution in [3.05, 3.63) is 42.9 Å². The highest BCUT2D eigenvalue weighted by atomic mass is 15.1. The number of nitrogens with two attached hydrogens (primary N) is 1. The predicted octanol–water partition coefficient (Wildman–Crippen LogP) is 3.02. The number of hydrogen-bond donors (Lipinski definition) is 1. The molecule has 1 saturated carbocycles. The zero-order chi connectivity index (χ0) is 12.8. The number of hydrogen-bond acceptors (Lipinski definition) is 3. The molecule has 0 radical (unpaired) electrons. The van der Waals surface area contributed by atoms with Crippen LogP contribution in [0.1, 0.15) is 18.9 Å². The van der Waals surface area contributed by atoms with Crippen molar-refractivity contribution in [2.24, 2.45) is 0 Å². The van der Waals surface area contributed by atoms with Gasteiger partial charge in [-0.1, -0.05) is 30.3 Å². The summed E-state index contributed by atoms with van der Waals surface area (Å²) in [7, 11) is 0. The Balaban J connectivity index is 2.05. The van der Waals surface area contributed by atoms with Crippen LogP contribution in [0.3, 0.4) is 0 Å². The van der Waals surface area contributed by atoms with Gasteiger partial charge in [-0.2, -0.15) is 0 Å². The van der Waals surface area contributed by atoms with E-state index in [1.165, 1.54) is 12.8 Å². The SMILES string of the molecule is Nc1ncnc2c1c(-c1ccccc1)cn2C1CC1. The molecule has 2 aromatic heterocycles. The quantitative estimate of drug-likeness (QED) is 0.760. The molecule has 0 bridgehead atoms. The normalized spacial score (nSPS) is 14.9. The van der Waals surface area contributed by atoms with Crippen LogP contribution in [0, 0.1) is 0 Å². The molecule has 2 N–H and O–H groups in total. The van der Waals surface area contributed by atoms with Gasteiger partial charge in [-0.3, -0.25) is 0 Å². The lowest BCUT2D eigenvalue weighted by atomic mass is 10.1. The second-order valence-electron chi connectivity index (χ2n) is 5.00. The average Bonchev–Trinajstić information content (AvgIpc) is 3.21. The van der Waals surface area contributed by atoms with Gasteiger partial charge in [0, 0.05) is 17.8 Å². The molecule has 4 heteroatoms. The topological polar surface area (TPSA) is 56.7 Å². The Morgan fingerprint density at radius 2 is 1.89 bits per heavy atom. The van der Waals surface area contributed by atoms with Gasteiger partial charge >= 0.3 is 0 Å². The molecule has 19 heavy (non-hydrogen) atoms.